The summed E-state index contributed by atoms with van der Waals surface area (Å²) in [6, 6.07) is 7.76. The van der Waals surface area contributed by atoms with Crippen LogP contribution in [0, 0.1) is 5.41 Å². The van der Waals surface area contributed by atoms with Gasteiger partial charge >= 0.3 is 0 Å². The van der Waals surface area contributed by atoms with E-state index in [9.17, 15) is 4.79 Å². The van der Waals surface area contributed by atoms with Crippen LogP contribution in [-0.4, -0.2) is 48.2 Å². The molecule has 1 aliphatic rings. The summed E-state index contributed by atoms with van der Waals surface area (Å²) in [6.07, 6.45) is 7.79. The van der Waals surface area contributed by atoms with Gasteiger partial charge in [0.15, 0.2) is 5.82 Å². The van der Waals surface area contributed by atoms with E-state index in [1.54, 1.807) is 12.5 Å². The predicted octanol–water partition coefficient (Wildman–Crippen LogP) is 4.31. The van der Waals surface area contributed by atoms with Crippen LogP contribution in [0.25, 0.3) is 5.69 Å². The fourth-order valence-corrected chi connectivity index (χ4v) is 4.19. The smallest absolute Gasteiger partial charge is 0.223 e. The molecule has 164 valence electrons. The Labute approximate surface area is 188 Å². The number of carbonyl (C=O) groups is 1. The van der Waals surface area contributed by atoms with Gasteiger partial charge < -0.3 is 9.47 Å². The Hall–Kier alpha value is -2.67. The zero-order chi connectivity index (χ0) is 22.0. The van der Waals surface area contributed by atoms with Gasteiger partial charge in [0.05, 0.1) is 12.9 Å². The van der Waals surface area contributed by atoms with Gasteiger partial charge in [0.2, 0.25) is 5.91 Å². The molecule has 2 aromatic heterocycles. The number of likely N-dealkylation sites (tertiary alicyclic amines) is 1. The number of hydrogen-bond donors (Lipinski definition) is 0. The van der Waals surface area contributed by atoms with Crippen LogP contribution in [0.1, 0.15) is 57.6 Å². The van der Waals surface area contributed by atoms with E-state index in [2.05, 4.69) is 40.5 Å². The minimum absolute atomic E-state index is 0.00487. The Morgan fingerprint density at radius 1 is 1.13 bits per heavy atom. The van der Waals surface area contributed by atoms with Gasteiger partial charge in [-0.1, -0.05) is 32.4 Å². The average Bonchev–Trinajstić information content (AvgIpc) is 3.38. The molecule has 0 unspecified atom stereocenters. The summed E-state index contributed by atoms with van der Waals surface area (Å²) < 4.78 is 4.11. The highest BCUT2D eigenvalue weighted by Gasteiger charge is 2.30. The summed E-state index contributed by atoms with van der Waals surface area (Å²) in [7, 11) is 0. The summed E-state index contributed by atoms with van der Waals surface area (Å²) in [6.45, 7) is 8.41. The minimum Gasteiger partial charge on any atom is -0.343 e. The third kappa shape index (κ3) is 5.15. The number of imidazole rings is 1. The third-order valence-electron chi connectivity index (χ3n) is 5.62. The molecular weight excluding hydrogens is 412 g/mol. The Bertz CT molecular complexity index is 1010. The molecule has 0 bridgehead atoms. The molecule has 1 aromatic carbocycles. The number of hydrogen-bond acceptors (Lipinski definition) is 4. The van der Waals surface area contributed by atoms with Crippen molar-refractivity contribution < 1.29 is 4.79 Å². The first kappa shape index (κ1) is 21.6. The number of amides is 1. The topological polar surface area (TPSA) is 68.8 Å². The zero-order valence-electron chi connectivity index (χ0n) is 18.3. The number of benzene rings is 1. The Kier molecular flexibility index (Phi) is 6.14. The van der Waals surface area contributed by atoms with Crippen molar-refractivity contribution in [2.75, 3.05) is 13.1 Å². The molecule has 4 rings (SSSR count). The quantitative estimate of drug-likeness (QED) is 0.592. The van der Waals surface area contributed by atoms with Crippen LogP contribution in [0.5, 0.6) is 0 Å². The van der Waals surface area contributed by atoms with Crippen molar-refractivity contribution in [3.63, 3.8) is 0 Å². The van der Waals surface area contributed by atoms with E-state index in [-0.39, 0.29) is 17.2 Å². The molecule has 1 saturated heterocycles. The van der Waals surface area contributed by atoms with Gasteiger partial charge in [-0.05, 0) is 42.5 Å². The SMILES string of the molecule is CC(C)(C)CC(=O)N1CCC(c2nnc(Cn3ccnc3)n2-c2ccc(Cl)cc2)CC1. The number of rotatable bonds is 5. The average molecular weight is 441 g/mol. The van der Waals surface area contributed by atoms with Crippen molar-refractivity contribution in [3.8, 4) is 5.69 Å². The Balaban J connectivity index is 1.56. The van der Waals surface area contributed by atoms with Crippen molar-refractivity contribution in [2.45, 2.75) is 52.5 Å². The second-order valence-corrected chi connectivity index (χ2v) is 9.85. The molecule has 0 N–H and O–H groups in total. The first-order chi connectivity index (χ1) is 14.8. The van der Waals surface area contributed by atoms with Crippen LogP contribution in [0.4, 0.5) is 0 Å². The standard InChI is InChI=1S/C23H29ClN6O/c1-23(2,3)14-21(31)29-11-8-17(9-12-29)22-27-26-20(15-28-13-10-25-16-28)30(22)19-6-4-18(24)5-7-19/h4-7,10,13,16-17H,8-9,11-12,14-15H2,1-3H3. The Morgan fingerprint density at radius 3 is 2.45 bits per heavy atom. The normalized spacial score (nSPS) is 15.4. The van der Waals surface area contributed by atoms with Crippen LogP contribution in [-0.2, 0) is 11.3 Å². The molecule has 3 aromatic rings. The van der Waals surface area contributed by atoms with E-state index in [0.29, 0.717) is 18.0 Å². The first-order valence-corrected chi connectivity index (χ1v) is 11.1. The third-order valence-corrected chi connectivity index (χ3v) is 5.87. The lowest BCUT2D eigenvalue weighted by Gasteiger charge is -2.33. The van der Waals surface area contributed by atoms with Gasteiger partial charge in [0, 0.05) is 48.5 Å². The lowest BCUT2D eigenvalue weighted by atomic mass is 9.90. The molecule has 3 heterocycles. The van der Waals surface area contributed by atoms with Crippen LogP contribution in [0.15, 0.2) is 43.0 Å². The lowest BCUT2D eigenvalue weighted by molar-refractivity contribution is -0.134. The van der Waals surface area contributed by atoms with E-state index in [1.165, 1.54) is 0 Å². The van der Waals surface area contributed by atoms with Crippen molar-refractivity contribution in [1.82, 2.24) is 29.2 Å². The molecule has 7 nitrogen and oxygen atoms in total. The molecule has 0 radical (unpaired) electrons. The van der Waals surface area contributed by atoms with Gasteiger partial charge in [0.25, 0.3) is 0 Å². The summed E-state index contributed by atoms with van der Waals surface area (Å²) in [5.74, 6) is 2.28. The fourth-order valence-electron chi connectivity index (χ4n) is 4.06. The zero-order valence-corrected chi connectivity index (χ0v) is 19.1. The van der Waals surface area contributed by atoms with Gasteiger partial charge in [-0.2, -0.15) is 0 Å². The number of nitrogens with zero attached hydrogens (tertiary/aromatic N) is 6. The molecule has 1 fully saturated rings. The predicted molar refractivity (Wildman–Crippen MR) is 120 cm³/mol. The molecule has 1 amide bonds. The summed E-state index contributed by atoms with van der Waals surface area (Å²) in [5, 5.41) is 9.80. The van der Waals surface area contributed by atoms with Crippen LogP contribution in [0.2, 0.25) is 5.02 Å². The highest BCUT2D eigenvalue weighted by atomic mass is 35.5. The van der Waals surface area contributed by atoms with E-state index in [4.69, 9.17) is 11.6 Å². The maximum absolute atomic E-state index is 12.6. The summed E-state index contributed by atoms with van der Waals surface area (Å²) >= 11 is 6.12. The summed E-state index contributed by atoms with van der Waals surface area (Å²) in [5.41, 5.74) is 0.996. The van der Waals surface area contributed by atoms with E-state index < -0.39 is 0 Å². The second kappa shape index (κ2) is 8.83. The van der Waals surface area contributed by atoms with Crippen molar-refractivity contribution in [3.05, 3.63) is 59.7 Å². The van der Waals surface area contributed by atoms with E-state index in [1.807, 2.05) is 39.9 Å². The monoisotopic (exact) mass is 440 g/mol. The van der Waals surface area contributed by atoms with Crippen molar-refractivity contribution in [2.24, 2.45) is 5.41 Å². The maximum Gasteiger partial charge on any atom is 0.223 e. The molecular formula is C23H29ClN6O. The van der Waals surface area contributed by atoms with Gasteiger partial charge in [0.1, 0.15) is 5.82 Å². The largest absolute Gasteiger partial charge is 0.343 e. The maximum atomic E-state index is 12.6. The Morgan fingerprint density at radius 2 is 1.84 bits per heavy atom. The van der Waals surface area contributed by atoms with Gasteiger partial charge in [-0.3, -0.25) is 9.36 Å². The molecule has 0 atom stereocenters. The molecule has 8 heteroatoms. The molecule has 0 saturated carbocycles. The minimum atomic E-state index is 0.00487. The first-order valence-electron chi connectivity index (χ1n) is 10.7. The number of piperidine rings is 1. The number of halogens is 1. The van der Waals surface area contributed by atoms with Crippen LogP contribution in [0.3, 0.4) is 0 Å². The summed E-state index contributed by atoms with van der Waals surface area (Å²) in [4.78, 5) is 18.8. The van der Waals surface area contributed by atoms with Gasteiger partial charge in [-0.15, -0.1) is 10.2 Å². The van der Waals surface area contributed by atoms with Crippen LogP contribution >= 0.6 is 11.6 Å². The number of aromatic nitrogens is 5. The van der Waals surface area contributed by atoms with Gasteiger partial charge in [-0.25, -0.2) is 4.98 Å². The second-order valence-electron chi connectivity index (χ2n) is 9.41. The lowest BCUT2D eigenvalue weighted by Crippen LogP contribution is -2.39. The van der Waals surface area contributed by atoms with E-state index >= 15 is 0 Å². The molecule has 0 spiro atoms. The van der Waals surface area contributed by atoms with Crippen molar-refractivity contribution >= 4 is 17.5 Å². The molecule has 31 heavy (non-hydrogen) atoms. The molecule has 0 aliphatic carbocycles. The van der Waals surface area contributed by atoms with Crippen molar-refractivity contribution in [1.29, 1.82) is 0 Å². The fraction of sp³-hybridized carbons (Fsp3) is 0.478. The molecule has 1 aliphatic heterocycles. The number of carbonyl (C=O) groups excluding carboxylic acids is 1. The highest BCUT2D eigenvalue weighted by Crippen LogP contribution is 2.31. The van der Waals surface area contributed by atoms with E-state index in [0.717, 1.165) is 43.3 Å². The highest BCUT2D eigenvalue weighted by molar-refractivity contribution is 6.30. The van der Waals surface area contributed by atoms with Crippen LogP contribution < -0.4 is 0 Å².